The van der Waals surface area contributed by atoms with Gasteiger partial charge in [0.1, 0.15) is 12.6 Å². The SMILES string of the molecule is CCC1(C)CC(=NCC(=O)c2ccccc2)C(C)C(C)(CC)N1OC(C)c1ccccc1. The van der Waals surface area contributed by atoms with Crippen molar-refractivity contribution >= 4 is 11.5 Å². The number of carbonyl (C=O) groups excluding carboxylic acids is 1. The zero-order chi connectivity index (χ0) is 23.4. The van der Waals surface area contributed by atoms with Gasteiger partial charge in [0.05, 0.1) is 5.54 Å². The highest BCUT2D eigenvalue weighted by molar-refractivity contribution is 5.99. The Bertz CT molecular complexity index is 927. The number of benzene rings is 2. The molecule has 4 heteroatoms. The summed E-state index contributed by atoms with van der Waals surface area (Å²) in [6.07, 6.45) is 2.61. The van der Waals surface area contributed by atoms with Crippen LogP contribution >= 0.6 is 0 Å². The second-order valence-corrected chi connectivity index (χ2v) is 9.51. The van der Waals surface area contributed by atoms with Gasteiger partial charge in [0.2, 0.25) is 0 Å². The van der Waals surface area contributed by atoms with Crippen molar-refractivity contribution in [3.8, 4) is 0 Å². The summed E-state index contributed by atoms with van der Waals surface area (Å²) in [5.41, 5.74) is 2.59. The molecule has 0 radical (unpaired) electrons. The van der Waals surface area contributed by atoms with Crippen LogP contribution in [0.15, 0.2) is 65.7 Å². The van der Waals surface area contributed by atoms with Crippen LogP contribution in [0.4, 0.5) is 0 Å². The Morgan fingerprint density at radius 1 is 1.06 bits per heavy atom. The highest BCUT2D eigenvalue weighted by Gasteiger charge is 2.53. The molecule has 4 nitrogen and oxygen atoms in total. The summed E-state index contributed by atoms with van der Waals surface area (Å²) in [5.74, 6) is 0.247. The van der Waals surface area contributed by atoms with Crippen molar-refractivity contribution in [2.75, 3.05) is 6.54 Å². The first-order chi connectivity index (χ1) is 15.2. The number of carbonyl (C=O) groups is 1. The molecule has 3 rings (SSSR count). The lowest BCUT2D eigenvalue weighted by Gasteiger charge is -2.57. The number of Topliss-reactive ketones (excluding diaryl/α,β-unsaturated/α-hetero) is 1. The summed E-state index contributed by atoms with van der Waals surface area (Å²) in [4.78, 5) is 24.3. The Hall–Kier alpha value is -2.30. The number of aliphatic imine (C=N–C) groups is 1. The van der Waals surface area contributed by atoms with Gasteiger partial charge >= 0.3 is 0 Å². The summed E-state index contributed by atoms with van der Waals surface area (Å²) in [6, 6.07) is 19.8. The summed E-state index contributed by atoms with van der Waals surface area (Å²) < 4.78 is 0. The van der Waals surface area contributed by atoms with Gasteiger partial charge in [0, 0.05) is 29.2 Å². The maximum atomic E-state index is 12.7. The van der Waals surface area contributed by atoms with Crippen LogP contribution in [0.25, 0.3) is 0 Å². The molecule has 1 saturated heterocycles. The van der Waals surface area contributed by atoms with Crippen LogP contribution in [-0.4, -0.2) is 34.2 Å². The zero-order valence-electron chi connectivity index (χ0n) is 20.5. The lowest BCUT2D eigenvalue weighted by atomic mass is 9.70. The molecule has 1 fully saturated rings. The fourth-order valence-corrected chi connectivity index (χ4v) is 4.76. The molecule has 0 bridgehead atoms. The molecule has 4 atom stereocenters. The molecule has 1 aliphatic rings. The van der Waals surface area contributed by atoms with Gasteiger partial charge in [-0.3, -0.25) is 14.6 Å². The van der Waals surface area contributed by atoms with Gasteiger partial charge in [-0.1, -0.05) is 81.4 Å². The van der Waals surface area contributed by atoms with E-state index in [1.54, 1.807) is 0 Å². The van der Waals surface area contributed by atoms with E-state index >= 15 is 0 Å². The van der Waals surface area contributed by atoms with Crippen molar-refractivity contribution in [1.29, 1.82) is 0 Å². The Morgan fingerprint density at radius 3 is 2.22 bits per heavy atom. The average molecular weight is 435 g/mol. The maximum Gasteiger partial charge on any atom is 0.184 e. The summed E-state index contributed by atoms with van der Waals surface area (Å²) >= 11 is 0. The van der Waals surface area contributed by atoms with Crippen molar-refractivity contribution in [1.82, 2.24) is 5.06 Å². The van der Waals surface area contributed by atoms with Gasteiger partial charge in [0.25, 0.3) is 0 Å². The van der Waals surface area contributed by atoms with E-state index in [-0.39, 0.29) is 35.4 Å². The minimum absolute atomic E-state index is 0.0432. The normalized spacial score (nSPS) is 28.6. The number of piperidine rings is 1. The Balaban J connectivity index is 1.87. The molecule has 0 spiro atoms. The van der Waals surface area contributed by atoms with Crippen LogP contribution in [0.3, 0.4) is 0 Å². The lowest BCUT2D eigenvalue weighted by molar-refractivity contribution is -0.309. The van der Waals surface area contributed by atoms with Crippen molar-refractivity contribution in [2.24, 2.45) is 10.9 Å². The van der Waals surface area contributed by atoms with Crippen molar-refractivity contribution < 1.29 is 9.63 Å². The molecule has 2 aromatic rings. The monoisotopic (exact) mass is 434 g/mol. The minimum Gasteiger partial charge on any atom is -0.292 e. The largest absolute Gasteiger partial charge is 0.292 e. The quantitative estimate of drug-likeness (QED) is 0.435. The average Bonchev–Trinajstić information content (AvgIpc) is 2.84. The molecule has 0 N–H and O–H groups in total. The zero-order valence-corrected chi connectivity index (χ0v) is 20.5. The van der Waals surface area contributed by atoms with E-state index in [2.05, 4.69) is 70.9 Å². The molecule has 0 amide bonds. The Kier molecular flexibility index (Phi) is 7.68. The van der Waals surface area contributed by atoms with Crippen LogP contribution < -0.4 is 0 Å². The summed E-state index contributed by atoms with van der Waals surface area (Å²) in [6.45, 7) is 13.5. The smallest absolute Gasteiger partial charge is 0.184 e. The third-order valence-corrected chi connectivity index (χ3v) is 7.48. The predicted octanol–water partition coefficient (Wildman–Crippen LogP) is 6.68. The Morgan fingerprint density at radius 2 is 1.66 bits per heavy atom. The molecule has 172 valence electrons. The standard InChI is InChI=1S/C28H38N2O2/c1-7-27(5)19-25(29-20-26(31)24-17-13-10-14-18-24)21(3)28(6,8-2)30(27)32-22(4)23-15-11-9-12-16-23/h9-18,21-22H,7-8,19-20H2,1-6H3. The third-order valence-electron chi connectivity index (χ3n) is 7.48. The number of ketones is 1. The third kappa shape index (κ3) is 4.87. The van der Waals surface area contributed by atoms with E-state index in [9.17, 15) is 4.79 Å². The first kappa shape index (κ1) is 24.3. The molecule has 32 heavy (non-hydrogen) atoms. The highest BCUT2D eigenvalue weighted by atomic mass is 16.7. The van der Waals surface area contributed by atoms with Crippen LogP contribution in [-0.2, 0) is 4.84 Å². The fourth-order valence-electron chi connectivity index (χ4n) is 4.76. The van der Waals surface area contributed by atoms with Crippen LogP contribution in [0.2, 0.25) is 0 Å². The molecular formula is C28H38N2O2. The molecule has 2 aromatic carbocycles. The van der Waals surface area contributed by atoms with E-state index < -0.39 is 0 Å². The number of nitrogens with zero attached hydrogens (tertiary/aromatic N) is 2. The van der Waals surface area contributed by atoms with E-state index in [4.69, 9.17) is 9.83 Å². The highest BCUT2D eigenvalue weighted by Crippen LogP contribution is 2.46. The van der Waals surface area contributed by atoms with Gasteiger partial charge in [-0.2, -0.15) is 5.06 Å². The van der Waals surface area contributed by atoms with Crippen molar-refractivity contribution in [3.05, 3.63) is 71.8 Å². The maximum absolute atomic E-state index is 12.7. The minimum atomic E-state index is -0.222. The number of hydrogen-bond donors (Lipinski definition) is 0. The van der Waals surface area contributed by atoms with Crippen LogP contribution in [0.5, 0.6) is 0 Å². The predicted molar refractivity (Wildman–Crippen MR) is 132 cm³/mol. The van der Waals surface area contributed by atoms with E-state index in [0.717, 1.165) is 30.5 Å². The van der Waals surface area contributed by atoms with Crippen LogP contribution in [0, 0.1) is 5.92 Å². The van der Waals surface area contributed by atoms with E-state index in [1.165, 1.54) is 5.56 Å². The van der Waals surface area contributed by atoms with Gasteiger partial charge < -0.3 is 0 Å². The molecule has 0 aliphatic carbocycles. The van der Waals surface area contributed by atoms with Crippen molar-refractivity contribution in [2.45, 2.75) is 78.0 Å². The lowest BCUT2D eigenvalue weighted by Crippen LogP contribution is -2.66. The summed E-state index contributed by atoms with van der Waals surface area (Å²) in [5, 5.41) is 2.26. The molecule has 0 saturated carbocycles. The molecule has 4 unspecified atom stereocenters. The fraction of sp³-hybridized carbons (Fsp3) is 0.500. The van der Waals surface area contributed by atoms with E-state index in [0.29, 0.717) is 0 Å². The number of rotatable bonds is 8. The van der Waals surface area contributed by atoms with E-state index in [1.807, 2.05) is 36.4 Å². The molecular weight excluding hydrogens is 396 g/mol. The molecule has 0 aromatic heterocycles. The second-order valence-electron chi connectivity index (χ2n) is 9.51. The van der Waals surface area contributed by atoms with Gasteiger partial charge in [0.15, 0.2) is 5.78 Å². The first-order valence-corrected chi connectivity index (χ1v) is 11.9. The second kappa shape index (κ2) is 10.1. The molecule has 1 heterocycles. The van der Waals surface area contributed by atoms with Gasteiger partial charge in [-0.15, -0.1) is 0 Å². The van der Waals surface area contributed by atoms with Crippen molar-refractivity contribution in [3.63, 3.8) is 0 Å². The molecule has 1 aliphatic heterocycles. The van der Waals surface area contributed by atoms with Gasteiger partial charge in [-0.05, 0) is 39.2 Å². The van der Waals surface area contributed by atoms with Crippen LogP contribution in [0.1, 0.15) is 82.8 Å². The first-order valence-electron chi connectivity index (χ1n) is 11.9. The summed E-state index contributed by atoms with van der Waals surface area (Å²) in [7, 11) is 0. The number of hydroxylamine groups is 2. The number of hydrogen-bond acceptors (Lipinski definition) is 4. The van der Waals surface area contributed by atoms with Gasteiger partial charge in [-0.25, -0.2) is 0 Å². The Labute approximate surface area is 193 Å². The topological polar surface area (TPSA) is 41.9 Å².